The molecule has 2 N–H and O–H groups in total. The van der Waals surface area contributed by atoms with Gasteiger partial charge < -0.3 is 4.74 Å². The van der Waals surface area contributed by atoms with Crippen molar-refractivity contribution in [1.82, 2.24) is 11.1 Å². The number of benzene rings is 1. The Morgan fingerprint density at radius 2 is 1.73 bits per heavy atom. The molecular weight excluding hydrogens is 203 g/mol. The van der Waals surface area contributed by atoms with Gasteiger partial charge in [0.1, 0.15) is 0 Å². The molecule has 1 aromatic carbocycles. The first-order valence-corrected chi connectivity index (χ1v) is 4.03. The Bertz CT molecular complexity index is 364. The summed E-state index contributed by atoms with van der Waals surface area (Å²) in [6.45, 7) is 0. The molecule has 0 aliphatic rings. The molecule has 0 aliphatic carbocycles. The minimum Gasteiger partial charge on any atom is -0.465 e. The van der Waals surface area contributed by atoms with E-state index in [1.165, 1.54) is 31.4 Å². The maximum Gasteiger partial charge on any atom is 0.337 e. The van der Waals surface area contributed by atoms with Crippen LogP contribution in [-0.4, -0.2) is 19.0 Å². The second-order valence-electron chi connectivity index (χ2n) is 2.62. The largest absolute Gasteiger partial charge is 0.465 e. The van der Waals surface area contributed by atoms with E-state index in [1.54, 1.807) is 5.43 Å². The molecule has 0 radical (unpaired) electrons. The fraction of sp³-hybridized carbons (Fsp3) is 0.111. The second-order valence-corrected chi connectivity index (χ2v) is 2.62. The Hall–Kier alpha value is -1.95. The molecule has 1 rings (SSSR count). The van der Waals surface area contributed by atoms with E-state index in [9.17, 15) is 14.1 Å². The lowest BCUT2D eigenvalue weighted by Crippen LogP contribution is -2.31. The molecular formula is C9H9FN2O3. The molecule has 0 bridgehead atoms. The van der Waals surface area contributed by atoms with Crippen molar-refractivity contribution >= 4 is 11.9 Å². The van der Waals surface area contributed by atoms with Gasteiger partial charge in [-0.2, -0.15) is 0 Å². The van der Waals surface area contributed by atoms with Gasteiger partial charge in [0.2, 0.25) is 0 Å². The van der Waals surface area contributed by atoms with E-state index in [-0.39, 0.29) is 5.56 Å². The van der Waals surface area contributed by atoms with E-state index in [0.717, 1.165) is 5.65 Å². The maximum absolute atomic E-state index is 11.5. The highest BCUT2D eigenvalue weighted by atomic mass is 19.2. The molecule has 0 atom stereocenters. The van der Waals surface area contributed by atoms with Crippen LogP contribution in [0.4, 0.5) is 4.48 Å². The summed E-state index contributed by atoms with van der Waals surface area (Å²) in [4.78, 5) is 22.1. The highest BCUT2D eigenvalue weighted by molar-refractivity contribution is 5.95. The lowest BCUT2D eigenvalue weighted by atomic mass is 10.1. The Balaban J connectivity index is 2.80. The van der Waals surface area contributed by atoms with E-state index in [0.29, 0.717) is 5.56 Å². The highest BCUT2D eigenvalue weighted by Crippen LogP contribution is 2.05. The lowest BCUT2D eigenvalue weighted by Gasteiger charge is -2.02. The van der Waals surface area contributed by atoms with Crippen molar-refractivity contribution < 1.29 is 18.8 Å². The van der Waals surface area contributed by atoms with Gasteiger partial charge in [0.15, 0.2) is 0 Å². The minimum atomic E-state index is -0.631. The molecule has 1 amide bonds. The normalized spacial score (nSPS) is 9.47. The number of ether oxygens (including phenoxy) is 1. The van der Waals surface area contributed by atoms with Gasteiger partial charge in [0.25, 0.3) is 5.91 Å². The molecule has 1 aromatic rings. The fourth-order valence-corrected chi connectivity index (χ4v) is 0.991. The number of hydrogen-bond acceptors (Lipinski definition) is 4. The zero-order chi connectivity index (χ0) is 11.3. The van der Waals surface area contributed by atoms with Crippen molar-refractivity contribution in [2.45, 2.75) is 0 Å². The summed E-state index contributed by atoms with van der Waals surface area (Å²) in [5, 5.41) is 0. The number of methoxy groups -OCH3 is 1. The summed E-state index contributed by atoms with van der Waals surface area (Å²) < 4.78 is 16.0. The molecule has 0 aromatic heterocycles. The average Bonchev–Trinajstić information content (AvgIpc) is 2.28. The first-order chi connectivity index (χ1) is 7.19. The van der Waals surface area contributed by atoms with Crippen LogP contribution in [0, 0.1) is 0 Å². The fourth-order valence-electron chi connectivity index (χ4n) is 0.991. The van der Waals surface area contributed by atoms with Gasteiger partial charge in [-0.05, 0) is 24.3 Å². The molecule has 15 heavy (non-hydrogen) atoms. The first kappa shape index (κ1) is 11.1. The summed E-state index contributed by atoms with van der Waals surface area (Å²) in [6.07, 6.45) is 0. The zero-order valence-corrected chi connectivity index (χ0v) is 7.91. The molecule has 6 heteroatoms. The number of halogens is 1. The molecule has 80 valence electrons. The maximum atomic E-state index is 11.5. The van der Waals surface area contributed by atoms with Crippen LogP contribution in [0.3, 0.4) is 0 Å². The molecule has 0 unspecified atom stereocenters. The van der Waals surface area contributed by atoms with Crippen LogP contribution in [0.2, 0.25) is 0 Å². The van der Waals surface area contributed by atoms with Gasteiger partial charge in [-0.15, -0.1) is 4.48 Å². The van der Waals surface area contributed by atoms with Crippen molar-refractivity contribution in [3.05, 3.63) is 35.4 Å². The van der Waals surface area contributed by atoms with Crippen LogP contribution in [0.15, 0.2) is 24.3 Å². The van der Waals surface area contributed by atoms with Gasteiger partial charge in [-0.25, -0.2) is 4.79 Å². The number of nitrogens with one attached hydrogen (secondary N) is 2. The molecule has 0 saturated heterocycles. The summed E-state index contributed by atoms with van der Waals surface area (Å²) in [6, 6.07) is 5.61. The van der Waals surface area contributed by atoms with Crippen LogP contribution < -0.4 is 11.1 Å². The number of rotatable bonds is 3. The molecule has 0 spiro atoms. The van der Waals surface area contributed by atoms with Crippen molar-refractivity contribution in [1.29, 1.82) is 0 Å². The quantitative estimate of drug-likeness (QED) is 0.437. The summed E-state index contributed by atoms with van der Waals surface area (Å²) in [5.41, 5.74) is 3.33. The zero-order valence-electron chi connectivity index (χ0n) is 7.91. The number of hydrazine groups is 1. The average molecular weight is 212 g/mol. The van der Waals surface area contributed by atoms with Crippen LogP contribution in [0.1, 0.15) is 20.7 Å². The van der Waals surface area contributed by atoms with Gasteiger partial charge in [0, 0.05) is 5.56 Å². The predicted molar refractivity (Wildman–Crippen MR) is 49.5 cm³/mol. The topological polar surface area (TPSA) is 67.4 Å². The van der Waals surface area contributed by atoms with Crippen molar-refractivity contribution in [2.75, 3.05) is 7.11 Å². The highest BCUT2D eigenvalue weighted by Gasteiger charge is 2.07. The second kappa shape index (κ2) is 5.06. The minimum absolute atomic E-state index is 0.229. The van der Waals surface area contributed by atoms with Crippen molar-refractivity contribution in [2.24, 2.45) is 0 Å². The Morgan fingerprint density at radius 1 is 1.20 bits per heavy atom. The summed E-state index contributed by atoms with van der Waals surface area (Å²) in [7, 11) is 1.26. The number of hydrogen-bond donors (Lipinski definition) is 2. The van der Waals surface area contributed by atoms with Crippen LogP contribution in [-0.2, 0) is 4.74 Å². The first-order valence-electron chi connectivity index (χ1n) is 4.03. The van der Waals surface area contributed by atoms with Crippen LogP contribution in [0.25, 0.3) is 0 Å². The monoisotopic (exact) mass is 212 g/mol. The third-order valence-corrected chi connectivity index (χ3v) is 1.73. The van der Waals surface area contributed by atoms with Crippen molar-refractivity contribution in [3.8, 4) is 0 Å². The number of amides is 1. The van der Waals surface area contributed by atoms with Gasteiger partial charge in [0.05, 0.1) is 12.7 Å². The molecule has 0 saturated carbocycles. The smallest absolute Gasteiger partial charge is 0.337 e. The standard InChI is InChI=1S/C9H9FN2O3/c1-15-9(14)7-4-2-6(3-5-7)8(13)11-12-10/h2-5,12H,1H3,(H,11,13). The molecule has 5 nitrogen and oxygen atoms in total. The Morgan fingerprint density at radius 3 is 2.20 bits per heavy atom. The molecule has 0 fully saturated rings. The van der Waals surface area contributed by atoms with E-state index in [4.69, 9.17) is 0 Å². The van der Waals surface area contributed by atoms with Gasteiger partial charge in [-0.1, -0.05) is 5.65 Å². The third kappa shape index (κ3) is 2.75. The van der Waals surface area contributed by atoms with Crippen LogP contribution >= 0.6 is 0 Å². The Labute approximate surface area is 85.1 Å². The number of carbonyl (C=O) groups excluding carboxylic acids is 2. The van der Waals surface area contributed by atoms with Crippen molar-refractivity contribution in [3.63, 3.8) is 0 Å². The Kier molecular flexibility index (Phi) is 3.75. The lowest BCUT2D eigenvalue weighted by molar-refractivity contribution is 0.0600. The molecule has 0 aliphatic heterocycles. The van der Waals surface area contributed by atoms with Gasteiger partial charge >= 0.3 is 5.97 Å². The third-order valence-electron chi connectivity index (χ3n) is 1.73. The summed E-state index contributed by atoms with van der Waals surface area (Å²) >= 11 is 0. The SMILES string of the molecule is COC(=O)c1ccc(C(=O)NNF)cc1. The van der Waals surface area contributed by atoms with Gasteiger partial charge in [-0.3, -0.25) is 10.2 Å². The number of esters is 1. The number of carbonyl (C=O) groups is 2. The van der Waals surface area contributed by atoms with E-state index in [1.807, 2.05) is 0 Å². The van der Waals surface area contributed by atoms with Crippen LogP contribution in [0.5, 0.6) is 0 Å². The van der Waals surface area contributed by atoms with E-state index >= 15 is 0 Å². The van der Waals surface area contributed by atoms with E-state index < -0.39 is 11.9 Å². The summed E-state index contributed by atoms with van der Waals surface area (Å²) in [5.74, 6) is -1.13. The van der Waals surface area contributed by atoms with E-state index in [2.05, 4.69) is 4.74 Å². The molecule has 0 heterocycles. The predicted octanol–water partition coefficient (Wildman–Crippen LogP) is 0.592.